The van der Waals surface area contributed by atoms with Crippen molar-refractivity contribution in [1.82, 2.24) is 25.7 Å². The van der Waals surface area contributed by atoms with Gasteiger partial charge < -0.3 is 24.6 Å². The summed E-state index contributed by atoms with van der Waals surface area (Å²) in [5.41, 5.74) is 3.41. The third kappa shape index (κ3) is 7.94. The van der Waals surface area contributed by atoms with Crippen LogP contribution in [0.1, 0.15) is 33.9 Å². The summed E-state index contributed by atoms with van der Waals surface area (Å²) in [7, 11) is 1.26. The lowest BCUT2D eigenvalue weighted by atomic mass is 10.0. The molecule has 1 aliphatic rings. The first-order chi connectivity index (χ1) is 18.5. The molecular weight excluding hydrogens is 510 g/mol. The summed E-state index contributed by atoms with van der Waals surface area (Å²) >= 11 is 1.39. The van der Waals surface area contributed by atoms with Crippen molar-refractivity contribution in [3.63, 3.8) is 0 Å². The Morgan fingerprint density at radius 3 is 2.63 bits per heavy atom. The van der Waals surface area contributed by atoms with E-state index in [0.717, 1.165) is 18.7 Å². The maximum Gasteiger partial charge on any atom is 0.328 e. The molecule has 0 spiro atoms. The summed E-state index contributed by atoms with van der Waals surface area (Å²) in [6, 6.07) is 9.34. The number of ether oxygens (including phenoxy) is 2. The topological polar surface area (TPSA) is 136 Å². The third-order valence-corrected chi connectivity index (χ3v) is 6.80. The SMILES string of the molecule is COC(=O)[C@H](Cc1cscn1)NC(=O)[C@H](CCc1ccccc1)NC(=O)c1cc(CN2CCOCC2)on1. The number of aryl methyl sites for hydroxylation is 1. The molecular formula is C26H31N5O6S. The molecule has 0 radical (unpaired) electrons. The first kappa shape index (κ1) is 27.4. The third-order valence-electron chi connectivity index (χ3n) is 6.16. The monoisotopic (exact) mass is 541 g/mol. The van der Waals surface area contributed by atoms with E-state index in [9.17, 15) is 14.4 Å². The Hall–Kier alpha value is -3.61. The Kier molecular flexibility index (Phi) is 9.96. The molecule has 38 heavy (non-hydrogen) atoms. The van der Waals surface area contributed by atoms with Crippen LogP contribution in [-0.4, -0.2) is 78.3 Å². The smallest absolute Gasteiger partial charge is 0.328 e. The maximum absolute atomic E-state index is 13.3. The molecule has 11 nitrogen and oxygen atoms in total. The van der Waals surface area contributed by atoms with Crippen LogP contribution in [0.15, 0.2) is 51.8 Å². The fraction of sp³-hybridized carbons (Fsp3) is 0.423. The van der Waals surface area contributed by atoms with Crippen molar-refractivity contribution in [1.29, 1.82) is 0 Å². The fourth-order valence-corrected chi connectivity index (χ4v) is 4.66. The van der Waals surface area contributed by atoms with Crippen molar-refractivity contribution in [2.75, 3.05) is 33.4 Å². The molecule has 0 saturated carbocycles. The van der Waals surface area contributed by atoms with Crippen LogP contribution < -0.4 is 10.6 Å². The van der Waals surface area contributed by atoms with Crippen LogP contribution in [-0.2, 0) is 38.4 Å². The molecule has 0 bridgehead atoms. The Morgan fingerprint density at radius 2 is 1.92 bits per heavy atom. The number of nitrogens with zero attached hydrogens (tertiary/aromatic N) is 3. The number of carbonyl (C=O) groups excluding carboxylic acids is 3. The molecule has 4 rings (SSSR count). The van der Waals surface area contributed by atoms with E-state index in [0.29, 0.717) is 44.1 Å². The van der Waals surface area contributed by atoms with Gasteiger partial charge in [0.25, 0.3) is 5.91 Å². The standard InChI is InChI=1S/C26H31N5O6S/c1-35-26(34)23(13-19-16-38-17-27-19)29-24(32)21(8-7-18-5-3-2-4-6-18)28-25(33)22-14-20(37-30-22)15-31-9-11-36-12-10-31/h2-6,14,16-17,21,23H,7-13,15H2,1H3,(H,28,33)(H,29,32)/t21-,23-/m0/s1. The van der Waals surface area contributed by atoms with E-state index < -0.39 is 29.9 Å². The normalized spacial score (nSPS) is 15.4. The minimum absolute atomic E-state index is 0.0813. The number of hydrogen-bond donors (Lipinski definition) is 2. The van der Waals surface area contributed by atoms with Gasteiger partial charge in [-0.15, -0.1) is 11.3 Å². The average Bonchev–Trinajstić information content (AvgIpc) is 3.63. The Bertz CT molecular complexity index is 1180. The molecule has 2 atom stereocenters. The second-order valence-corrected chi connectivity index (χ2v) is 9.60. The van der Waals surface area contributed by atoms with Gasteiger partial charge in [-0.25, -0.2) is 9.78 Å². The quantitative estimate of drug-likeness (QED) is 0.328. The molecule has 1 aromatic carbocycles. The number of morpholine rings is 1. The number of amides is 2. The van der Waals surface area contributed by atoms with Gasteiger partial charge in [0.1, 0.15) is 12.1 Å². The number of carbonyl (C=O) groups is 3. The molecule has 2 aromatic heterocycles. The zero-order chi connectivity index (χ0) is 26.7. The van der Waals surface area contributed by atoms with Crippen LogP contribution in [0.5, 0.6) is 0 Å². The molecule has 2 amide bonds. The summed E-state index contributed by atoms with van der Waals surface area (Å²) in [5, 5.41) is 11.2. The predicted octanol–water partition coefficient (Wildman–Crippen LogP) is 1.60. The van der Waals surface area contributed by atoms with Crippen molar-refractivity contribution in [3.8, 4) is 0 Å². The highest BCUT2D eigenvalue weighted by atomic mass is 32.1. The zero-order valence-corrected chi connectivity index (χ0v) is 21.9. The number of hydrogen-bond acceptors (Lipinski definition) is 10. The van der Waals surface area contributed by atoms with Crippen molar-refractivity contribution in [3.05, 3.63) is 70.0 Å². The van der Waals surface area contributed by atoms with Crippen molar-refractivity contribution in [2.24, 2.45) is 0 Å². The summed E-state index contributed by atoms with van der Waals surface area (Å²) in [4.78, 5) is 45.2. The van der Waals surface area contributed by atoms with Gasteiger partial charge in [0.15, 0.2) is 11.5 Å². The Labute approximate surface area is 224 Å². The number of benzene rings is 1. The van der Waals surface area contributed by atoms with Crippen LogP contribution in [0.25, 0.3) is 0 Å². The lowest BCUT2D eigenvalue weighted by Crippen LogP contribution is -2.52. The highest BCUT2D eigenvalue weighted by Crippen LogP contribution is 2.12. The van der Waals surface area contributed by atoms with Crippen molar-refractivity contribution >= 4 is 29.1 Å². The molecule has 2 N–H and O–H groups in total. The molecule has 1 fully saturated rings. The largest absolute Gasteiger partial charge is 0.467 e. The molecule has 0 unspecified atom stereocenters. The van der Waals surface area contributed by atoms with Gasteiger partial charge in [-0.05, 0) is 18.4 Å². The summed E-state index contributed by atoms with van der Waals surface area (Å²) < 4.78 is 15.6. The predicted molar refractivity (Wildman–Crippen MR) is 138 cm³/mol. The fourth-order valence-electron chi connectivity index (χ4n) is 4.09. The van der Waals surface area contributed by atoms with E-state index in [4.69, 9.17) is 14.0 Å². The molecule has 0 aliphatic carbocycles. The average molecular weight is 542 g/mol. The first-order valence-electron chi connectivity index (χ1n) is 12.4. The Morgan fingerprint density at radius 1 is 1.13 bits per heavy atom. The van der Waals surface area contributed by atoms with E-state index in [1.807, 2.05) is 30.3 Å². The van der Waals surface area contributed by atoms with E-state index in [1.165, 1.54) is 18.4 Å². The number of aromatic nitrogens is 2. The van der Waals surface area contributed by atoms with Gasteiger partial charge in [-0.3, -0.25) is 14.5 Å². The zero-order valence-electron chi connectivity index (χ0n) is 21.1. The number of esters is 1. The molecule has 12 heteroatoms. The maximum atomic E-state index is 13.3. The lowest BCUT2D eigenvalue weighted by Gasteiger charge is -2.25. The highest BCUT2D eigenvalue weighted by Gasteiger charge is 2.29. The number of nitrogens with one attached hydrogen (secondary N) is 2. The van der Waals surface area contributed by atoms with Gasteiger partial charge in [0.05, 0.1) is 38.1 Å². The summed E-state index contributed by atoms with van der Waals surface area (Å²) in [6.07, 6.45) is 1.02. The lowest BCUT2D eigenvalue weighted by molar-refractivity contribution is -0.145. The van der Waals surface area contributed by atoms with Crippen LogP contribution in [0.3, 0.4) is 0 Å². The number of thiazole rings is 1. The highest BCUT2D eigenvalue weighted by molar-refractivity contribution is 7.07. The van der Waals surface area contributed by atoms with Crippen LogP contribution in [0.4, 0.5) is 0 Å². The second-order valence-electron chi connectivity index (χ2n) is 8.89. The van der Waals surface area contributed by atoms with Gasteiger partial charge >= 0.3 is 5.97 Å². The number of rotatable bonds is 12. The molecule has 1 aliphatic heterocycles. The second kappa shape index (κ2) is 13.8. The number of methoxy groups -OCH3 is 1. The van der Waals surface area contributed by atoms with E-state index in [1.54, 1.807) is 17.0 Å². The summed E-state index contributed by atoms with van der Waals surface area (Å²) in [5.74, 6) is -1.08. The van der Waals surface area contributed by atoms with Crippen LogP contribution in [0, 0.1) is 0 Å². The molecule has 1 saturated heterocycles. The first-order valence-corrected chi connectivity index (χ1v) is 13.3. The van der Waals surface area contributed by atoms with E-state index >= 15 is 0 Å². The van der Waals surface area contributed by atoms with E-state index in [2.05, 4.69) is 25.7 Å². The van der Waals surface area contributed by atoms with Crippen molar-refractivity contribution in [2.45, 2.75) is 37.9 Å². The van der Waals surface area contributed by atoms with Crippen molar-refractivity contribution < 1.29 is 28.4 Å². The minimum atomic E-state index is -0.946. The van der Waals surface area contributed by atoms with E-state index in [-0.39, 0.29) is 12.1 Å². The Balaban J connectivity index is 1.44. The minimum Gasteiger partial charge on any atom is -0.467 e. The summed E-state index contributed by atoms with van der Waals surface area (Å²) in [6.45, 7) is 3.35. The molecule has 3 heterocycles. The van der Waals surface area contributed by atoms with Gasteiger partial charge in [-0.2, -0.15) is 0 Å². The van der Waals surface area contributed by atoms with Crippen LogP contribution in [0.2, 0.25) is 0 Å². The molecule has 202 valence electrons. The van der Waals surface area contributed by atoms with Gasteiger partial charge in [0.2, 0.25) is 5.91 Å². The molecule has 3 aromatic rings. The van der Waals surface area contributed by atoms with Crippen LogP contribution >= 0.6 is 11.3 Å². The van der Waals surface area contributed by atoms with Gasteiger partial charge in [0, 0.05) is 31.0 Å². The van der Waals surface area contributed by atoms with Gasteiger partial charge in [-0.1, -0.05) is 35.5 Å².